The summed E-state index contributed by atoms with van der Waals surface area (Å²) in [4.78, 5) is 0. The van der Waals surface area contributed by atoms with Gasteiger partial charge in [0.25, 0.3) is 0 Å². The first-order valence-corrected chi connectivity index (χ1v) is 8.39. The van der Waals surface area contributed by atoms with Gasteiger partial charge in [0.15, 0.2) is 0 Å². The van der Waals surface area contributed by atoms with Gasteiger partial charge in [0, 0.05) is 0 Å². The van der Waals surface area contributed by atoms with Crippen molar-refractivity contribution >= 4 is 14.4 Å². The third-order valence-corrected chi connectivity index (χ3v) is 5.83. The summed E-state index contributed by atoms with van der Waals surface area (Å²) in [5.41, 5.74) is 0.893. The van der Waals surface area contributed by atoms with Crippen molar-refractivity contribution < 1.29 is 0 Å². The highest BCUT2D eigenvalue weighted by Gasteiger charge is 2.43. The molecular weight excluding hydrogens is 173 g/mol. The molecule has 0 saturated carbocycles. The zero-order valence-corrected chi connectivity index (χ0v) is 11.3. The van der Waals surface area contributed by atoms with Crippen LogP contribution in [0.3, 0.4) is 0 Å². The predicted molar refractivity (Wildman–Crippen MR) is 61.3 cm³/mol. The molecule has 0 radical (unpaired) electrons. The van der Waals surface area contributed by atoms with E-state index in [1.54, 1.807) is 0 Å². The molecule has 1 saturated heterocycles. The summed E-state index contributed by atoms with van der Waals surface area (Å²) in [5.74, 6) is 4.91. The molecule has 0 spiro atoms. The Morgan fingerprint density at radius 3 is 1.54 bits per heavy atom. The molecule has 0 atom stereocenters. The highest BCUT2D eigenvalue weighted by atomic mass is 27.2. The third-order valence-electron chi connectivity index (χ3n) is 3.40. The first-order valence-electron chi connectivity index (χ1n) is 5.57. The van der Waals surface area contributed by atoms with Gasteiger partial charge in [-0.25, -0.2) is 0 Å². The van der Waals surface area contributed by atoms with Crippen molar-refractivity contribution in [1.82, 2.24) is 3.88 Å². The van der Waals surface area contributed by atoms with Crippen LogP contribution < -0.4 is 0 Å². The topological polar surface area (TPSA) is 3.24 Å². The van der Waals surface area contributed by atoms with Crippen molar-refractivity contribution in [2.75, 3.05) is 0 Å². The van der Waals surface area contributed by atoms with Gasteiger partial charge in [-0.05, 0) is 58.0 Å². The van der Waals surface area contributed by atoms with E-state index < -0.39 is 14.4 Å². The highest BCUT2D eigenvalue weighted by molar-refractivity contribution is 6.53. The average molecular weight is 197 g/mol. The molecule has 0 unspecified atom stereocenters. The number of rotatable bonds is 1. The van der Waals surface area contributed by atoms with Crippen LogP contribution in [0.1, 0.15) is 47.0 Å². The Bertz CT molecular complexity index is 169. The van der Waals surface area contributed by atoms with Gasteiger partial charge in [-0.1, -0.05) is 11.6 Å². The van der Waals surface area contributed by atoms with Crippen molar-refractivity contribution in [2.45, 2.75) is 69.6 Å². The molecular formula is C11H24AlN. The van der Waals surface area contributed by atoms with Gasteiger partial charge in [-0.3, -0.25) is 0 Å². The summed E-state index contributed by atoms with van der Waals surface area (Å²) in [6, 6.07) is 0. The summed E-state index contributed by atoms with van der Waals surface area (Å²) < 4.78 is 2.82. The van der Waals surface area contributed by atoms with E-state index in [-0.39, 0.29) is 0 Å². The molecule has 0 N–H and O–H groups in total. The zero-order valence-electron chi connectivity index (χ0n) is 10.1. The maximum atomic E-state index is 2.82. The standard InChI is InChI=1S/C9H18N.2CH3.Al/c1-8(2)6-5-7-9(3,4)10-8;;;/h5-7H2,1-4H3;2*1H3;/q-1;;;+1. The zero-order chi connectivity index (χ0) is 10.3. The summed E-state index contributed by atoms with van der Waals surface area (Å²) in [6.07, 6.45) is 4.15. The molecule has 1 heterocycles. The van der Waals surface area contributed by atoms with Gasteiger partial charge < -0.3 is 3.88 Å². The van der Waals surface area contributed by atoms with Gasteiger partial charge in [-0.15, -0.1) is 0 Å². The van der Waals surface area contributed by atoms with Crippen molar-refractivity contribution in [2.24, 2.45) is 0 Å². The van der Waals surface area contributed by atoms with Gasteiger partial charge in [-0.2, -0.15) is 0 Å². The molecule has 1 aliphatic heterocycles. The van der Waals surface area contributed by atoms with Gasteiger partial charge in [0.1, 0.15) is 0 Å². The molecule has 0 aliphatic carbocycles. The Morgan fingerprint density at radius 2 is 1.31 bits per heavy atom. The minimum Gasteiger partial charge on any atom is -0.375 e. The lowest BCUT2D eigenvalue weighted by Crippen LogP contribution is -2.62. The number of nitrogens with zero attached hydrogens (tertiary/aromatic N) is 1. The normalized spacial score (nSPS) is 27.2. The maximum absolute atomic E-state index is 2.82. The van der Waals surface area contributed by atoms with E-state index in [9.17, 15) is 0 Å². The molecule has 0 aromatic rings. The average Bonchev–Trinajstić information content (AvgIpc) is 1.79. The largest absolute Gasteiger partial charge is 0.375 e. The molecule has 2 heteroatoms. The molecule has 76 valence electrons. The van der Waals surface area contributed by atoms with Crippen LogP contribution in [0.2, 0.25) is 11.6 Å². The monoisotopic (exact) mass is 197 g/mol. The second-order valence-electron chi connectivity index (χ2n) is 5.94. The Kier molecular flexibility index (Phi) is 3.18. The SMILES string of the molecule is [CH3][Al]([CH3])[N]1C(C)(C)CCCC1(C)C. The molecule has 0 amide bonds. The lowest BCUT2D eigenvalue weighted by atomic mass is 9.83. The Morgan fingerprint density at radius 1 is 0.923 bits per heavy atom. The minimum atomic E-state index is -0.669. The van der Waals surface area contributed by atoms with Crippen LogP contribution in [-0.2, 0) is 0 Å². The van der Waals surface area contributed by atoms with E-state index in [0.717, 1.165) is 0 Å². The summed E-state index contributed by atoms with van der Waals surface area (Å²) in [7, 11) is 0. The maximum Gasteiger partial charge on any atom is 0.366 e. The first-order chi connectivity index (χ1) is 5.77. The van der Waals surface area contributed by atoms with Crippen LogP contribution in [0.25, 0.3) is 0 Å². The second kappa shape index (κ2) is 3.57. The quantitative estimate of drug-likeness (QED) is 0.583. The number of hydrogen-bond donors (Lipinski definition) is 0. The summed E-state index contributed by atoms with van der Waals surface area (Å²) >= 11 is -0.669. The van der Waals surface area contributed by atoms with E-state index in [1.807, 2.05) is 0 Å². The Labute approximate surface area is 88.1 Å². The molecule has 0 aromatic heterocycles. The van der Waals surface area contributed by atoms with Gasteiger partial charge in [0.2, 0.25) is 0 Å². The van der Waals surface area contributed by atoms with Crippen LogP contribution in [0, 0.1) is 0 Å². The van der Waals surface area contributed by atoms with Crippen molar-refractivity contribution in [1.29, 1.82) is 0 Å². The van der Waals surface area contributed by atoms with Crippen LogP contribution in [0.4, 0.5) is 0 Å². The van der Waals surface area contributed by atoms with Crippen molar-refractivity contribution in [3.05, 3.63) is 0 Å². The highest BCUT2D eigenvalue weighted by Crippen LogP contribution is 2.38. The van der Waals surface area contributed by atoms with Gasteiger partial charge in [0.05, 0.1) is 0 Å². The van der Waals surface area contributed by atoms with Crippen LogP contribution in [0.15, 0.2) is 0 Å². The van der Waals surface area contributed by atoms with E-state index in [2.05, 4.69) is 43.1 Å². The van der Waals surface area contributed by atoms with E-state index in [0.29, 0.717) is 11.1 Å². The molecule has 1 nitrogen and oxygen atoms in total. The molecule has 0 aromatic carbocycles. The minimum absolute atomic E-state index is 0.447. The first kappa shape index (κ1) is 11.6. The fourth-order valence-corrected chi connectivity index (χ4v) is 6.47. The van der Waals surface area contributed by atoms with E-state index in [1.165, 1.54) is 19.3 Å². The molecule has 0 bridgehead atoms. The van der Waals surface area contributed by atoms with Crippen LogP contribution in [-0.4, -0.2) is 29.3 Å². The fraction of sp³-hybridized carbons (Fsp3) is 1.00. The number of piperidine rings is 1. The van der Waals surface area contributed by atoms with Crippen molar-refractivity contribution in [3.8, 4) is 0 Å². The molecule has 1 rings (SSSR count). The summed E-state index contributed by atoms with van der Waals surface area (Å²) in [6.45, 7) is 9.67. The molecule has 1 fully saturated rings. The second-order valence-corrected chi connectivity index (χ2v) is 8.65. The smallest absolute Gasteiger partial charge is 0.366 e. The molecule has 13 heavy (non-hydrogen) atoms. The van der Waals surface area contributed by atoms with Gasteiger partial charge >= 0.3 is 14.4 Å². The number of hydrogen-bond acceptors (Lipinski definition) is 1. The lowest BCUT2D eigenvalue weighted by Gasteiger charge is -2.55. The van der Waals surface area contributed by atoms with Crippen molar-refractivity contribution in [3.63, 3.8) is 0 Å². The van der Waals surface area contributed by atoms with Crippen LogP contribution >= 0.6 is 0 Å². The van der Waals surface area contributed by atoms with Crippen LogP contribution in [0.5, 0.6) is 0 Å². The Hall–Kier alpha value is 0.492. The predicted octanol–water partition coefficient (Wildman–Crippen LogP) is 3.28. The van der Waals surface area contributed by atoms with E-state index >= 15 is 0 Å². The third kappa shape index (κ3) is 2.29. The van der Waals surface area contributed by atoms with E-state index in [4.69, 9.17) is 0 Å². The summed E-state index contributed by atoms with van der Waals surface area (Å²) in [5, 5.41) is 0. The fourth-order valence-electron chi connectivity index (χ4n) is 3.41. The lowest BCUT2D eigenvalue weighted by molar-refractivity contribution is 0.0498. The molecule has 1 aliphatic rings. The Balaban J connectivity index is 2.91.